The molecule has 0 bridgehead atoms. The van der Waals surface area contributed by atoms with Crippen molar-refractivity contribution in [3.8, 4) is 16.9 Å². The van der Waals surface area contributed by atoms with E-state index in [9.17, 15) is 9.90 Å². The molecule has 3 aromatic rings. The average Bonchev–Trinajstić information content (AvgIpc) is 2.97. The van der Waals surface area contributed by atoms with Gasteiger partial charge in [-0.1, -0.05) is 23.4 Å². The fraction of sp³-hybridized carbons (Fsp3) is 0.0625. The highest BCUT2D eigenvalue weighted by Gasteiger charge is 2.12. The van der Waals surface area contributed by atoms with Crippen LogP contribution < -0.4 is 0 Å². The van der Waals surface area contributed by atoms with Crippen LogP contribution in [0, 0.1) is 6.92 Å². The van der Waals surface area contributed by atoms with E-state index in [2.05, 4.69) is 10.3 Å². The summed E-state index contributed by atoms with van der Waals surface area (Å²) in [6, 6.07) is 14.8. The highest BCUT2D eigenvalue weighted by Crippen LogP contribution is 2.24. The van der Waals surface area contributed by atoms with Crippen LogP contribution in [0.5, 0.6) is 0 Å². The quantitative estimate of drug-likeness (QED) is 0.800. The van der Waals surface area contributed by atoms with Gasteiger partial charge in [0.05, 0.1) is 23.1 Å². The summed E-state index contributed by atoms with van der Waals surface area (Å²) in [6.07, 6.45) is 1.63. The normalized spacial score (nSPS) is 10.5. The van der Waals surface area contributed by atoms with Crippen molar-refractivity contribution in [1.82, 2.24) is 15.0 Å². The number of aromatic carboxylic acids is 1. The molecule has 0 fully saturated rings. The Bertz CT molecular complexity index is 794. The Hall–Kier alpha value is -2.95. The Morgan fingerprint density at radius 2 is 1.90 bits per heavy atom. The summed E-state index contributed by atoms with van der Waals surface area (Å²) in [6.45, 7) is 1.87. The lowest BCUT2D eigenvalue weighted by Crippen LogP contribution is -2.01. The zero-order valence-electron chi connectivity index (χ0n) is 11.4. The van der Waals surface area contributed by atoms with Crippen molar-refractivity contribution in [2.45, 2.75) is 6.92 Å². The number of aryl methyl sites for hydroxylation is 1. The van der Waals surface area contributed by atoms with Crippen LogP contribution in [0.1, 0.15) is 15.9 Å². The molecule has 0 spiro atoms. The first-order valence-electron chi connectivity index (χ1n) is 6.46. The topological polar surface area (TPSA) is 68.0 Å². The molecule has 1 N–H and O–H groups in total. The van der Waals surface area contributed by atoms with Crippen LogP contribution in [0.2, 0.25) is 0 Å². The first-order chi connectivity index (χ1) is 10.1. The smallest absolute Gasteiger partial charge is 0.335 e. The van der Waals surface area contributed by atoms with Gasteiger partial charge in [0.15, 0.2) is 0 Å². The molecule has 0 saturated heterocycles. The van der Waals surface area contributed by atoms with Gasteiger partial charge in [-0.05, 0) is 42.8 Å². The summed E-state index contributed by atoms with van der Waals surface area (Å²) in [4.78, 5) is 11.2. The summed E-state index contributed by atoms with van der Waals surface area (Å²) in [5.74, 6) is -0.946. The molecule has 0 atom stereocenters. The minimum absolute atomic E-state index is 0.255. The largest absolute Gasteiger partial charge is 0.478 e. The van der Waals surface area contributed by atoms with Crippen LogP contribution in [0.4, 0.5) is 0 Å². The maximum absolute atomic E-state index is 11.2. The number of hydrogen-bond acceptors (Lipinski definition) is 3. The Morgan fingerprint density at radius 1 is 1.14 bits per heavy atom. The van der Waals surface area contributed by atoms with Crippen LogP contribution in [-0.2, 0) is 0 Å². The van der Waals surface area contributed by atoms with Crippen molar-refractivity contribution in [3.63, 3.8) is 0 Å². The van der Waals surface area contributed by atoms with E-state index >= 15 is 0 Å². The molecule has 0 unspecified atom stereocenters. The third kappa shape index (κ3) is 2.53. The van der Waals surface area contributed by atoms with Gasteiger partial charge >= 0.3 is 5.97 Å². The zero-order valence-corrected chi connectivity index (χ0v) is 11.4. The van der Waals surface area contributed by atoms with E-state index in [1.807, 2.05) is 43.3 Å². The first kappa shape index (κ1) is 13.1. The van der Waals surface area contributed by atoms with Crippen LogP contribution in [0.3, 0.4) is 0 Å². The standard InChI is InChI=1S/C16H13N3O2/c1-11-7-12(9-13(8-11)16(20)21)15-10-17-18-19(15)14-5-3-2-4-6-14/h2-10H,1H3,(H,20,21). The van der Waals surface area contributed by atoms with Crippen molar-refractivity contribution in [3.05, 3.63) is 65.9 Å². The summed E-state index contributed by atoms with van der Waals surface area (Å²) in [5, 5.41) is 17.2. The van der Waals surface area contributed by atoms with Gasteiger partial charge in [0.25, 0.3) is 0 Å². The van der Waals surface area contributed by atoms with Gasteiger partial charge in [0.2, 0.25) is 0 Å². The molecular weight excluding hydrogens is 266 g/mol. The minimum atomic E-state index is -0.946. The number of rotatable bonds is 3. The number of aromatic nitrogens is 3. The number of carboxylic acids is 1. The minimum Gasteiger partial charge on any atom is -0.478 e. The van der Waals surface area contributed by atoms with Crippen molar-refractivity contribution >= 4 is 5.97 Å². The average molecular weight is 279 g/mol. The van der Waals surface area contributed by atoms with Gasteiger partial charge in [-0.2, -0.15) is 0 Å². The highest BCUT2D eigenvalue weighted by atomic mass is 16.4. The summed E-state index contributed by atoms with van der Waals surface area (Å²) >= 11 is 0. The van der Waals surface area contributed by atoms with Crippen LogP contribution in [0.25, 0.3) is 16.9 Å². The molecule has 5 nitrogen and oxygen atoms in total. The lowest BCUT2D eigenvalue weighted by Gasteiger charge is -2.08. The molecule has 21 heavy (non-hydrogen) atoms. The van der Waals surface area contributed by atoms with E-state index in [4.69, 9.17) is 0 Å². The lowest BCUT2D eigenvalue weighted by molar-refractivity contribution is 0.0697. The second kappa shape index (κ2) is 5.20. The predicted molar refractivity (Wildman–Crippen MR) is 78.5 cm³/mol. The molecule has 0 aliphatic rings. The third-order valence-electron chi connectivity index (χ3n) is 3.17. The molecule has 0 aliphatic heterocycles. The molecule has 3 rings (SSSR count). The molecule has 104 valence electrons. The van der Waals surface area contributed by atoms with Crippen molar-refractivity contribution < 1.29 is 9.90 Å². The summed E-state index contributed by atoms with van der Waals surface area (Å²) < 4.78 is 1.69. The van der Waals surface area contributed by atoms with E-state index in [-0.39, 0.29) is 5.56 Å². The van der Waals surface area contributed by atoms with E-state index in [1.165, 1.54) is 0 Å². The number of benzene rings is 2. The molecule has 1 heterocycles. The molecule has 2 aromatic carbocycles. The maximum atomic E-state index is 11.2. The lowest BCUT2D eigenvalue weighted by atomic mass is 10.0. The fourth-order valence-corrected chi connectivity index (χ4v) is 2.25. The molecular formula is C16H13N3O2. The van der Waals surface area contributed by atoms with Gasteiger partial charge < -0.3 is 5.11 Å². The second-order valence-electron chi connectivity index (χ2n) is 4.76. The van der Waals surface area contributed by atoms with E-state index < -0.39 is 5.97 Å². The zero-order chi connectivity index (χ0) is 14.8. The van der Waals surface area contributed by atoms with Gasteiger partial charge in [-0.15, -0.1) is 5.10 Å². The molecule has 0 radical (unpaired) electrons. The van der Waals surface area contributed by atoms with Gasteiger partial charge in [0, 0.05) is 5.56 Å². The number of para-hydroxylation sites is 1. The molecule has 5 heteroatoms. The highest BCUT2D eigenvalue weighted by molar-refractivity contribution is 5.89. The molecule has 1 aromatic heterocycles. The molecule has 0 aliphatic carbocycles. The van der Waals surface area contributed by atoms with E-state index in [0.717, 1.165) is 22.5 Å². The third-order valence-corrected chi connectivity index (χ3v) is 3.17. The summed E-state index contributed by atoms with van der Waals surface area (Å²) in [5.41, 5.74) is 3.55. The van der Waals surface area contributed by atoms with Gasteiger partial charge in [-0.3, -0.25) is 0 Å². The Kier molecular flexibility index (Phi) is 3.23. The predicted octanol–water partition coefficient (Wildman–Crippen LogP) is 2.94. The molecule has 0 amide bonds. The van der Waals surface area contributed by atoms with Crippen molar-refractivity contribution in [2.75, 3.05) is 0 Å². The first-order valence-corrected chi connectivity index (χ1v) is 6.46. The Morgan fingerprint density at radius 3 is 2.62 bits per heavy atom. The van der Waals surface area contributed by atoms with Crippen LogP contribution in [-0.4, -0.2) is 26.1 Å². The number of carboxylic acid groups (broad SMARTS) is 1. The summed E-state index contributed by atoms with van der Waals surface area (Å²) in [7, 11) is 0. The van der Waals surface area contributed by atoms with E-state index in [1.54, 1.807) is 23.0 Å². The Labute approximate surface area is 121 Å². The maximum Gasteiger partial charge on any atom is 0.335 e. The number of nitrogens with zero attached hydrogens (tertiary/aromatic N) is 3. The molecule has 0 saturated carbocycles. The number of carbonyl (C=O) groups is 1. The van der Waals surface area contributed by atoms with E-state index in [0.29, 0.717) is 0 Å². The van der Waals surface area contributed by atoms with Gasteiger partial charge in [0.1, 0.15) is 0 Å². The Balaban J connectivity index is 2.15. The van der Waals surface area contributed by atoms with Crippen LogP contribution >= 0.6 is 0 Å². The van der Waals surface area contributed by atoms with Gasteiger partial charge in [-0.25, -0.2) is 9.48 Å². The monoisotopic (exact) mass is 279 g/mol. The second-order valence-corrected chi connectivity index (χ2v) is 4.76. The van der Waals surface area contributed by atoms with Crippen molar-refractivity contribution in [1.29, 1.82) is 0 Å². The fourth-order valence-electron chi connectivity index (χ4n) is 2.25. The van der Waals surface area contributed by atoms with Crippen molar-refractivity contribution in [2.24, 2.45) is 0 Å². The number of hydrogen-bond donors (Lipinski definition) is 1. The van der Waals surface area contributed by atoms with Crippen LogP contribution in [0.15, 0.2) is 54.7 Å². The SMILES string of the molecule is Cc1cc(C(=O)O)cc(-c2cnnn2-c2ccccc2)c1.